The zero-order valence-corrected chi connectivity index (χ0v) is 20.7. The highest BCUT2D eigenvalue weighted by Gasteiger charge is 2.40. The molecule has 39 heavy (non-hydrogen) atoms. The summed E-state index contributed by atoms with van der Waals surface area (Å²) in [5.74, 6) is 0. The molecule has 0 fully saturated rings. The van der Waals surface area contributed by atoms with E-state index in [4.69, 9.17) is 11.6 Å². The third-order valence-corrected chi connectivity index (χ3v) is 6.16. The maximum absolute atomic E-state index is 13.7. The molecule has 0 spiro atoms. The summed E-state index contributed by atoms with van der Waals surface area (Å²) in [5, 5.41) is 5.33. The molecule has 1 aromatic heterocycles. The van der Waals surface area contributed by atoms with Crippen LogP contribution >= 0.6 is 11.6 Å². The smallest absolute Gasteiger partial charge is 0.322 e. The first-order chi connectivity index (χ1) is 18.4. The van der Waals surface area contributed by atoms with E-state index in [1.54, 1.807) is 30.3 Å². The number of rotatable bonds is 6. The van der Waals surface area contributed by atoms with Gasteiger partial charge < -0.3 is 10.6 Å². The van der Waals surface area contributed by atoms with Crippen molar-refractivity contribution in [3.05, 3.63) is 130 Å². The van der Waals surface area contributed by atoms with Crippen LogP contribution in [0, 0.1) is 0 Å². The van der Waals surface area contributed by atoms with E-state index < -0.39 is 35.0 Å². The zero-order valence-electron chi connectivity index (χ0n) is 19.9. The largest absolute Gasteiger partial charge is 0.416 e. The van der Waals surface area contributed by atoms with E-state index in [1.807, 2.05) is 0 Å². The van der Waals surface area contributed by atoms with Crippen molar-refractivity contribution in [2.45, 2.75) is 24.3 Å². The Morgan fingerprint density at radius 2 is 1.36 bits per heavy atom. The maximum atomic E-state index is 13.7. The Morgan fingerprint density at radius 3 is 1.97 bits per heavy atom. The van der Waals surface area contributed by atoms with E-state index in [9.17, 15) is 31.1 Å². The lowest BCUT2D eigenvalue weighted by atomic mass is 9.80. The molecule has 0 aliphatic carbocycles. The Hall–Kier alpha value is -4.05. The zero-order chi connectivity index (χ0) is 28.3. The van der Waals surface area contributed by atoms with Crippen LogP contribution in [0.15, 0.2) is 97.2 Å². The first-order valence-corrected chi connectivity index (χ1v) is 11.8. The van der Waals surface area contributed by atoms with Gasteiger partial charge in [0.25, 0.3) is 0 Å². The summed E-state index contributed by atoms with van der Waals surface area (Å²) in [6, 6.07) is 19.1. The molecule has 0 saturated carbocycles. The van der Waals surface area contributed by atoms with Crippen LogP contribution in [0.5, 0.6) is 0 Å². The van der Waals surface area contributed by atoms with Crippen molar-refractivity contribution in [3.8, 4) is 0 Å². The highest BCUT2D eigenvalue weighted by Crippen LogP contribution is 2.37. The topological polar surface area (TPSA) is 54.0 Å². The Kier molecular flexibility index (Phi) is 7.87. The maximum Gasteiger partial charge on any atom is 0.416 e. The van der Waals surface area contributed by atoms with Crippen LogP contribution in [0.1, 0.15) is 27.9 Å². The molecule has 11 heteroatoms. The molecule has 3 aromatic carbocycles. The summed E-state index contributed by atoms with van der Waals surface area (Å²) in [5.41, 5.74) is -2.92. The fourth-order valence-electron chi connectivity index (χ4n) is 4.14. The van der Waals surface area contributed by atoms with Crippen LogP contribution in [0.25, 0.3) is 0 Å². The fraction of sp³-hybridized carbons (Fsp3) is 0.143. The van der Waals surface area contributed by atoms with Gasteiger partial charge in [0, 0.05) is 18.3 Å². The molecule has 4 aromatic rings. The summed E-state index contributed by atoms with van der Waals surface area (Å²) >= 11 is 6.01. The molecule has 0 bridgehead atoms. The van der Waals surface area contributed by atoms with Crippen molar-refractivity contribution in [3.63, 3.8) is 0 Å². The van der Waals surface area contributed by atoms with Gasteiger partial charge in [0.2, 0.25) is 0 Å². The van der Waals surface area contributed by atoms with Gasteiger partial charge in [-0.1, -0.05) is 60.1 Å². The van der Waals surface area contributed by atoms with Gasteiger partial charge in [0.05, 0.1) is 21.8 Å². The molecule has 2 N–H and O–H groups in total. The SMILES string of the molecule is O=C(Nc1cccc(C(F)(F)F)c1)NC(Cc1ccccc1)(c1cccc(C(F)(F)F)c1)c1ccc(Cl)cn1. The number of carbonyl (C=O) groups excluding carboxylic acids is 1. The first-order valence-electron chi connectivity index (χ1n) is 11.5. The van der Waals surface area contributed by atoms with E-state index >= 15 is 0 Å². The van der Waals surface area contributed by atoms with Gasteiger partial charge >= 0.3 is 18.4 Å². The number of nitrogens with zero attached hydrogens (tertiary/aromatic N) is 1. The predicted octanol–water partition coefficient (Wildman–Crippen LogP) is 8.08. The number of hydrogen-bond acceptors (Lipinski definition) is 2. The van der Waals surface area contributed by atoms with E-state index in [1.165, 1.54) is 36.5 Å². The van der Waals surface area contributed by atoms with Gasteiger partial charge in [-0.15, -0.1) is 0 Å². The predicted molar refractivity (Wildman–Crippen MR) is 135 cm³/mol. The third-order valence-electron chi connectivity index (χ3n) is 5.93. The van der Waals surface area contributed by atoms with E-state index in [0.29, 0.717) is 5.56 Å². The van der Waals surface area contributed by atoms with Crippen molar-refractivity contribution in [2.75, 3.05) is 5.32 Å². The number of alkyl halides is 6. The van der Waals surface area contributed by atoms with Crippen LogP contribution in [0.2, 0.25) is 5.02 Å². The van der Waals surface area contributed by atoms with Crippen molar-refractivity contribution in [2.24, 2.45) is 0 Å². The molecule has 0 saturated heterocycles. The van der Waals surface area contributed by atoms with Crippen molar-refractivity contribution in [1.29, 1.82) is 0 Å². The first kappa shape index (κ1) is 28.0. The number of amides is 2. The Balaban J connectivity index is 1.84. The van der Waals surface area contributed by atoms with Crippen molar-refractivity contribution < 1.29 is 31.1 Å². The second kappa shape index (κ2) is 11.0. The van der Waals surface area contributed by atoms with Gasteiger partial charge in [-0.3, -0.25) is 4.98 Å². The molecule has 1 heterocycles. The number of nitrogens with one attached hydrogen (secondary N) is 2. The van der Waals surface area contributed by atoms with Gasteiger partial charge in [-0.25, -0.2) is 4.79 Å². The molecular formula is C28H20ClF6N3O. The fourth-order valence-corrected chi connectivity index (χ4v) is 4.25. The number of pyridine rings is 1. The molecule has 4 nitrogen and oxygen atoms in total. The molecule has 1 atom stereocenters. The van der Waals surface area contributed by atoms with Gasteiger partial charge in [-0.2, -0.15) is 26.3 Å². The van der Waals surface area contributed by atoms with Gasteiger partial charge in [0.1, 0.15) is 5.54 Å². The molecular weight excluding hydrogens is 544 g/mol. The molecule has 0 aliphatic heterocycles. The average Bonchev–Trinajstić information content (AvgIpc) is 2.88. The Labute approximate surface area is 224 Å². The quantitative estimate of drug-likeness (QED) is 0.233. The third kappa shape index (κ3) is 6.69. The molecule has 0 radical (unpaired) electrons. The molecule has 202 valence electrons. The minimum absolute atomic E-state index is 0.0419. The Bertz CT molecular complexity index is 1440. The van der Waals surface area contributed by atoms with E-state index in [2.05, 4.69) is 15.6 Å². The number of aromatic nitrogens is 1. The van der Waals surface area contributed by atoms with Gasteiger partial charge in [-0.05, 0) is 53.6 Å². The van der Waals surface area contributed by atoms with E-state index in [0.717, 1.165) is 30.3 Å². The lowest BCUT2D eigenvalue weighted by Crippen LogP contribution is -2.50. The number of carbonyl (C=O) groups is 1. The number of halogens is 7. The molecule has 1 unspecified atom stereocenters. The molecule has 0 aliphatic rings. The lowest BCUT2D eigenvalue weighted by Gasteiger charge is -2.36. The highest BCUT2D eigenvalue weighted by molar-refractivity contribution is 6.30. The monoisotopic (exact) mass is 563 g/mol. The van der Waals surface area contributed by atoms with Crippen molar-refractivity contribution >= 4 is 23.3 Å². The summed E-state index contributed by atoms with van der Waals surface area (Å²) in [6.45, 7) is 0. The number of anilines is 1. The average molecular weight is 564 g/mol. The summed E-state index contributed by atoms with van der Waals surface area (Å²) in [4.78, 5) is 17.6. The summed E-state index contributed by atoms with van der Waals surface area (Å²) in [6.07, 6.45) is -8.07. The second-order valence-corrected chi connectivity index (χ2v) is 9.10. The lowest BCUT2D eigenvalue weighted by molar-refractivity contribution is -0.138. The standard InChI is InChI=1S/C28H20ClF6N3O/c29-22-12-13-24(36-17-22)26(16-18-6-2-1-3-7-18,19-8-4-9-20(14-19)27(30,31)32)38-25(39)37-23-11-5-10-21(15-23)28(33,34)35/h1-15,17H,16H2,(H2,37,38,39). The van der Waals surface area contributed by atoms with E-state index in [-0.39, 0.29) is 28.4 Å². The van der Waals surface area contributed by atoms with Gasteiger partial charge in [0.15, 0.2) is 0 Å². The molecule has 4 rings (SSSR count). The van der Waals surface area contributed by atoms with Crippen LogP contribution in [-0.2, 0) is 24.3 Å². The Morgan fingerprint density at radius 1 is 0.744 bits per heavy atom. The van der Waals surface area contributed by atoms with Crippen molar-refractivity contribution in [1.82, 2.24) is 10.3 Å². The minimum atomic E-state index is -4.68. The highest BCUT2D eigenvalue weighted by atomic mass is 35.5. The summed E-state index contributed by atoms with van der Waals surface area (Å²) < 4.78 is 80.7. The summed E-state index contributed by atoms with van der Waals surface area (Å²) in [7, 11) is 0. The minimum Gasteiger partial charge on any atom is -0.322 e. The second-order valence-electron chi connectivity index (χ2n) is 8.67. The van der Waals surface area contributed by atoms with Crippen LogP contribution in [0.4, 0.5) is 36.8 Å². The number of benzene rings is 3. The number of urea groups is 1. The molecule has 2 amide bonds. The van der Waals surface area contributed by atoms with Crippen LogP contribution in [0.3, 0.4) is 0 Å². The number of hydrogen-bond donors (Lipinski definition) is 2. The van der Waals surface area contributed by atoms with Crippen LogP contribution in [-0.4, -0.2) is 11.0 Å². The normalized spacial score (nSPS) is 13.4. The van der Waals surface area contributed by atoms with Crippen LogP contribution < -0.4 is 10.6 Å².